The van der Waals surface area contributed by atoms with Gasteiger partial charge in [-0.1, -0.05) is 167 Å². The molecule has 0 unspecified atom stereocenters. The molecular weight excluding hydrogens is 560 g/mol. The fourth-order valence-corrected chi connectivity index (χ4v) is 6.32. The first-order chi connectivity index (χ1) is 22.7. The largest absolute Gasteiger partial charge is 0.493 e. The first kappa shape index (κ1) is 39.7. The molecule has 258 valence electrons. The van der Waals surface area contributed by atoms with Crippen LogP contribution in [0.5, 0.6) is 11.5 Å². The summed E-state index contributed by atoms with van der Waals surface area (Å²) in [6.45, 7) is 14.1. The molecule has 0 heterocycles. The van der Waals surface area contributed by atoms with Gasteiger partial charge < -0.3 is 9.47 Å². The molecular formula is C44H70O2. The normalized spacial score (nSPS) is 11.1. The van der Waals surface area contributed by atoms with Crippen LogP contribution in [-0.4, -0.2) is 13.2 Å². The van der Waals surface area contributed by atoms with Crippen molar-refractivity contribution in [1.29, 1.82) is 0 Å². The van der Waals surface area contributed by atoms with E-state index in [1.54, 1.807) is 0 Å². The molecule has 0 spiro atoms. The molecule has 0 aromatic heterocycles. The van der Waals surface area contributed by atoms with Crippen LogP contribution < -0.4 is 9.47 Å². The molecule has 2 rings (SSSR count). The Morgan fingerprint density at radius 2 is 0.913 bits per heavy atom. The Morgan fingerprint density at radius 1 is 0.478 bits per heavy atom. The number of hydrogen-bond acceptors (Lipinski definition) is 2. The zero-order chi connectivity index (χ0) is 32.9. The monoisotopic (exact) mass is 631 g/mol. The molecule has 0 fully saturated rings. The lowest BCUT2D eigenvalue weighted by molar-refractivity contribution is 0.301. The molecule has 0 radical (unpaired) electrons. The van der Waals surface area contributed by atoms with Crippen molar-refractivity contribution in [2.75, 3.05) is 13.2 Å². The molecule has 2 aromatic rings. The molecule has 0 N–H and O–H groups in total. The molecule has 0 saturated carbocycles. The standard InChI is InChI=1S/C44H70O2/c1-5-9-11-13-15-17-19-21-23-25-27-35-45-43-34-32-40(38-41(43)30-8-4)42-37-39(29-7-3)31-33-44(42)46-36-28-26-24-22-20-18-16-14-12-10-6-2/h7-8,31-34,37-38H,3-6,9-30,35-36H2,1-2H3. The van der Waals surface area contributed by atoms with Gasteiger partial charge in [-0.3, -0.25) is 0 Å². The fraction of sp³-hybridized carbons (Fsp3) is 0.636. The second kappa shape index (κ2) is 27.6. The molecule has 0 saturated heterocycles. The molecule has 2 aromatic carbocycles. The number of rotatable bonds is 31. The van der Waals surface area contributed by atoms with Gasteiger partial charge in [-0.05, 0) is 66.6 Å². The van der Waals surface area contributed by atoms with Crippen molar-refractivity contribution in [3.05, 3.63) is 72.8 Å². The summed E-state index contributed by atoms with van der Waals surface area (Å²) in [5.41, 5.74) is 4.79. The number of unbranched alkanes of at least 4 members (excludes halogenated alkanes) is 20. The van der Waals surface area contributed by atoms with Gasteiger partial charge >= 0.3 is 0 Å². The molecule has 46 heavy (non-hydrogen) atoms. The number of benzene rings is 2. The molecule has 2 heteroatoms. The van der Waals surface area contributed by atoms with E-state index in [4.69, 9.17) is 9.47 Å². The van der Waals surface area contributed by atoms with E-state index in [0.29, 0.717) is 0 Å². The third-order valence-corrected chi connectivity index (χ3v) is 9.17. The summed E-state index contributed by atoms with van der Waals surface area (Å²) < 4.78 is 12.7. The van der Waals surface area contributed by atoms with Crippen molar-refractivity contribution in [2.24, 2.45) is 0 Å². The van der Waals surface area contributed by atoms with Crippen LogP contribution in [0.25, 0.3) is 11.1 Å². The van der Waals surface area contributed by atoms with Crippen molar-refractivity contribution in [2.45, 2.75) is 168 Å². The van der Waals surface area contributed by atoms with Crippen LogP contribution in [0.1, 0.15) is 166 Å². The molecule has 2 nitrogen and oxygen atoms in total. The Labute approximate surface area is 285 Å². The molecule has 0 amide bonds. The Kier molecular flexibility index (Phi) is 23.8. The van der Waals surface area contributed by atoms with E-state index in [1.807, 2.05) is 12.2 Å². The maximum absolute atomic E-state index is 6.41. The molecule has 0 aliphatic rings. The average Bonchev–Trinajstić information content (AvgIpc) is 3.07. The van der Waals surface area contributed by atoms with Crippen molar-refractivity contribution >= 4 is 0 Å². The van der Waals surface area contributed by atoms with E-state index in [1.165, 1.54) is 145 Å². The zero-order valence-corrected chi connectivity index (χ0v) is 30.2. The van der Waals surface area contributed by atoms with Gasteiger partial charge in [0.25, 0.3) is 0 Å². The summed E-state index contributed by atoms with van der Waals surface area (Å²) >= 11 is 0. The van der Waals surface area contributed by atoms with Gasteiger partial charge in [0, 0.05) is 5.56 Å². The van der Waals surface area contributed by atoms with Crippen molar-refractivity contribution in [3.8, 4) is 22.6 Å². The van der Waals surface area contributed by atoms with Crippen molar-refractivity contribution in [3.63, 3.8) is 0 Å². The number of hydrogen-bond donors (Lipinski definition) is 0. The zero-order valence-electron chi connectivity index (χ0n) is 30.2. The van der Waals surface area contributed by atoms with Crippen LogP contribution in [0, 0.1) is 0 Å². The van der Waals surface area contributed by atoms with E-state index in [-0.39, 0.29) is 0 Å². The van der Waals surface area contributed by atoms with Gasteiger partial charge in [-0.25, -0.2) is 0 Å². The summed E-state index contributed by atoms with van der Waals surface area (Å²) in [7, 11) is 0. The lowest BCUT2D eigenvalue weighted by atomic mass is 9.97. The number of allylic oxidation sites excluding steroid dienone is 2. The van der Waals surface area contributed by atoms with Gasteiger partial charge in [0.2, 0.25) is 0 Å². The minimum Gasteiger partial charge on any atom is -0.493 e. The third-order valence-electron chi connectivity index (χ3n) is 9.17. The SMILES string of the molecule is C=CCc1ccc(OCCCCCCCCCCCCC)c(-c2ccc(OCCCCCCCCCCCCC)c(CC=C)c2)c1. The number of ether oxygens (including phenoxy) is 2. The first-order valence-corrected chi connectivity index (χ1v) is 19.5. The highest BCUT2D eigenvalue weighted by molar-refractivity contribution is 5.73. The Hall–Kier alpha value is -2.48. The lowest BCUT2D eigenvalue weighted by Gasteiger charge is -2.16. The molecule has 0 bridgehead atoms. The van der Waals surface area contributed by atoms with Gasteiger partial charge in [0.05, 0.1) is 13.2 Å². The first-order valence-electron chi connectivity index (χ1n) is 19.5. The van der Waals surface area contributed by atoms with Crippen LogP contribution in [0.3, 0.4) is 0 Å². The van der Waals surface area contributed by atoms with Crippen LogP contribution in [0.15, 0.2) is 61.7 Å². The van der Waals surface area contributed by atoms with E-state index >= 15 is 0 Å². The highest BCUT2D eigenvalue weighted by Crippen LogP contribution is 2.35. The van der Waals surface area contributed by atoms with Gasteiger partial charge in [0.1, 0.15) is 11.5 Å². The smallest absolute Gasteiger partial charge is 0.127 e. The van der Waals surface area contributed by atoms with Crippen LogP contribution in [-0.2, 0) is 12.8 Å². The Balaban J connectivity index is 1.83. The second-order valence-corrected chi connectivity index (χ2v) is 13.4. The quantitative estimate of drug-likeness (QED) is 0.0609. The summed E-state index contributed by atoms with van der Waals surface area (Å²) in [6.07, 6.45) is 35.2. The summed E-state index contributed by atoms with van der Waals surface area (Å²) in [5, 5.41) is 0. The fourth-order valence-electron chi connectivity index (χ4n) is 6.32. The summed E-state index contributed by atoms with van der Waals surface area (Å²) in [4.78, 5) is 0. The third kappa shape index (κ3) is 18.0. The highest BCUT2D eigenvalue weighted by atomic mass is 16.5. The topological polar surface area (TPSA) is 18.5 Å². The predicted molar refractivity (Wildman–Crippen MR) is 204 cm³/mol. The van der Waals surface area contributed by atoms with Crippen LogP contribution in [0.4, 0.5) is 0 Å². The van der Waals surface area contributed by atoms with E-state index in [2.05, 4.69) is 63.4 Å². The summed E-state index contributed by atoms with van der Waals surface area (Å²) in [5.74, 6) is 1.96. The van der Waals surface area contributed by atoms with E-state index < -0.39 is 0 Å². The maximum Gasteiger partial charge on any atom is 0.127 e. The maximum atomic E-state index is 6.41. The van der Waals surface area contributed by atoms with E-state index in [0.717, 1.165) is 56.0 Å². The van der Waals surface area contributed by atoms with Gasteiger partial charge in [-0.15, -0.1) is 13.2 Å². The van der Waals surface area contributed by atoms with Crippen molar-refractivity contribution in [1.82, 2.24) is 0 Å². The predicted octanol–water partition coefficient (Wildman–Crippen LogP) is 14.2. The van der Waals surface area contributed by atoms with Crippen LogP contribution in [0.2, 0.25) is 0 Å². The minimum absolute atomic E-state index is 0.768. The molecule has 0 atom stereocenters. The highest BCUT2D eigenvalue weighted by Gasteiger charge is 2.12. The van der Waals surface area contributed by atoms with Gasteiger partial charge in [-0.2, -0.15) is 0 Å². The van der Waals surface area contributed by atoms with Crippen LogP contribution >= 0.6 is 0 Å². The molecule has 0 aliphatic heterocycles. The van der Waals surface area contributed by atoms with Gasteiger partial charge in [0.15, 0.2) is 0 Å². The minimum atomic E-state index is 0.768. The van der Waals surface area contributed by atoms with E-state index in [9.17, 15) is 0 Å². The average molecular weight is 631 g/mol. The summed E-state index contributed by atoms with van der Waals surface area (Å²) in [6, 6.07) is 13.2. The lowest BCUT2D eigenvalue weighted by Crippen LogP contribution is -2.02. The Morgan fingerprint density at radius 3 is 1.39 bits per heavy atom. The van der Waals surface area contributed by atoms with Crippen molar-refractivity contribution < 1.29 is 9.47 Å². The second-order valence-electron chi connectivity index (χ2n) is 13.4. The molecule has 0 aliphatic carbocycles. The Bertz CT molecular complexity index is 1040.